The Bertz CT molecular complexity index is 912. The molecule has 0 saturated carbocycles. The summed E-state index contributed by atoms with van der Waals surface area (Å²) in [6.45, 7) is 3.77. The molecule has 2 N–H and O–H groups in total. The average molecular weight is 416 g/mol. The molecule has 29 heavy (non-hydrogen) atoms. The van der Waals surface area contributed by atoms with Crippen LogP contribution in [0.2, 0.25) is 5.02 Å². The van der Waals surface area contributed by atoms with Gasteiger partial charge in [-0.2, -0.15) is 5.10 Å². The van der Waals surface area contributed by atoms with E-state index in [0.29, 0.717) is 31.3 Å². The van der Waals surface area contributed by atoms with Gasteiger partial charge in [-0.3, -0.25) is 0 Å². The first-order valence-electron chi connectivity index (χ1n) is 9.56. The van der Waals surface area contributed by atoms with Gasteiger partial charge in [0.2, 0.25) is 0 Å². The molecule has 1 unspecified atom stereocenters. The molecule has 3 aromatic rings. The van der Waals surface area contributed by atoms with Crippen LogP contribution in [0.5, 0.6) is 5.75 Å². The lowest BCUT2D eigenvalue weighted by Gasteiger charge is -2.11. The lowest BCUT2D eigenvalue weighted by Crippen LogP contribution is -2.30. The molecular formula is C22H26ClN3O3. The van der Waals surface area contributed by atoms with E-state index < -0.39 is 6.10 Å². The third-order valence-corrected chi connectivity index (χ3v) is 4.80. The summed E-state index contributed by atoms with van der Waals surface area (Å²) < 4.78 is 12.3. The quantitative estimate of drug-likeness (QED) is 0.528. The predicted octanol–water partition coefficient (Wildman–Crippen LogP) is 3.69. The van der Waals surface area contributed by atoms with Crippen molar-refractivity contribution in [2.75, 3.05) is 26.9 Å². The summed E-state index contributed by atoms with van der Waals surface area (Å²) in [5.41, 5.74) is 3.57. The highest BCUT2D eigenvalue weighted by atomic mass is 35.5. The molecule has 0 bridgehead atoms. The summed E-state index contributed by atoms with van der Waals surface area (Å²) in [6, 6.07) is 15.3. The highest BCUT2D eigenvalue weighted by molar-refractivity contribution is 6.33. The number of nitrogens with zero attached hydrogens (tertiary/aromatic N) is 2. The van der Waals surface area contributed by atoms with Gasteiger partial charge in [0.05, 0.1) is 36.2 Å². The van der Waals surface area contributed by atoms with Crippen LogP contribution in [0.1, 0.15) is 12.5 Å². The van der Waals surface area contributed by atoms with E-state index in [2.05, 4.69) is 5.32 Å². The number of hydrogen-bond donors (Lipinski definition) is 2. The maximum atomic E-state index is 9.98. The molecule has 0 amide bonds. The maximum Gasteiger partial charge on any atom is 0.119 e. The largest absolute Gasteiger partial charge is 0.497 e. The van der Waals surface area contributed by atoms with Crippen molar-refractivity contribution in [3.63, 3.8) is 0 Å². The number of methoxy groups -OCH3 is 1. The zero-order chi connectivity index (χ0) is 20.6. The van der Waals surface area contributed by atoms with Crippen molar-refractivity contribution < 1.29 is 14.6 Å². The van der Waals surface area contributed by atoms with Gasteiger partial charge in [0.25, 0.3) is 0 Å². The minimum atomic E-state index is -0.560. The fourth-order valence-corrected chi connectivity index (χ4v) is 3.20. The molecule has 0 aliphatic rings. The Morgan fingerprint density at radius 1 is 1.17 bits per heavy atom. The van der Waals surface area contributed by atoms with E-state index in [1.807, 2.05) is 66.3 Å². The molecule has 0 aliphatic heterocycles. The third-order valence-electron chi connectivity index (χ3n) is 4.47. The molecule has 1 atom stereocenters. The molecule has 0 saturated heterocycles. The van der Waals surface area contributed by atoms with Crippen molar-refractivity contribution in [1.82, 2.24) is 15.1 Å². The Morgan fingerprint density at radius 3 is 2.62 bits per heavy atom. The fourth-order valence-electron chi connectivity index (χ4n) is 2.97. The second-order valence-electron chi connectivity index (χ2n) is 6.57. The standard InChI is InChI=1S/C22H26ClN3O3/c1-3-29-15-18(27)13-24-12-16-14-26(17-8-10-19(28-2)11-9-17)25-22(16)20-6-4-5-7-21(20)23/h4-11,14,18,24,27H,3,12-13,15H2,1-2H3. The minimum absolute atomic E-state index is 0.311. The molecule has 1 aromatic heterocycles. The number of hydrogen-bond acceptors (Lipinski definition) is 5. The van der Waals surface area contributed by atoms with Gasteiger partial charge in [-0.1, -0.05) is 29.8 Å². The second kappa shape index (κ2) is 10.4. The average Bonchev–Trinajstić information content (AvgIpc) is 3.16. The molecule has 0 aliphatic carbocycles. The first kappa shape index (κ1) is 21.3. The lowest BCUT2D eigenvalue weighted by molar-refractivity contribution is 0.0427. The number of aromatic nitrogens is 2. The first-order valence-corrected chi connectivity index (χ1v) is 9.94. The predicted molar refractivity (Wildman–Crippen MR) is 115 cm³/mol. The van der Waals surface area contributed by atoms with Crippen molar-refractivity contribution >= 4 is 11.6 Å². The van der Waals surface area contributed by atoms with Gasteiger partial charge in [-0.25, -0.2) is 4.68 Å². The van der Waals surface area contributed by atoms with Crippen molar-refractivity contribution in [2.45, 2.75) is 19.6 Å². The first-order chi connectivity index (χ1) is 14.1. The lowest BCUT2D eigenvalue weighted by atomic mass is 10.1. The number of halogens is 1. The summed E-state index contributed by atoms with van der Waals surface area (Å²) in [6.07, 6.45) is 1.41. The van der Waals surface area contributed by atoms with Crippen LogP contribution in [0.4, 0.5) is 0 Å². The van der Waals surface area contributed by atoms with Gasteiger partial charge in [-0.05, 0) is 37.3 Å². The van der Waals surface area contributed by atoms with Gasteiger partial charge < -0.3 is 19.9 Å². The highest BCUT2D eigenvalue weighted by Gasteiger charge is 2.15. The summed E-state index contributed by atoms with van der Waals surface area (Å²) in [5, 5.41) is 18.7. The molecular weight excluding hydrogens is 390 g/mol. The Labute approximate surface area is 176 Å². The van der Waals surface area contributed by atoms with E-state index in [4.69, 9.17) is 26.2 Å². The summed E-state index contributed by atoms with van der Waals surface area (Å²) >= 11 is 6.42. The Balaban J connectivity index is 1.84. The van der Waals surface area contributed by atoms with Crippen LogP contribution in [-0.4, -0.2) is 47.9 Å². The van der Waals surface area contributed by atoms with Crippen LogP contribution in [0.25, 0.3) is 16.9 Å². The number of rotatable bonds is 10. The molecule has 0 spiro atoms. The Kier molecular flexibility index (Phi) is 7.66. The van der Waals surface area contributed by atoms with E-state index in [-0.39, 0.29) is 0 Å². The van der Waals surface area contributed by atoms with Gasteiger partial charge >= 0.3 is 0 Å². The van der Waals surface area contributed by atoms with Crippen LogP contribution in [0.15, 0.2) is 54.7 Å². The number of aliphatic hydroxyl groups excluding tert-OH is 1. The van der Waals surface area contributed by atoms with Gasteiger partial charge in [0, 0.05) is 37.0 Å². The van der Waals surface area contributed by atoms with Crippen molar-refractivity contribution in [2.24, 2.45) is 0 Å². The molecule has 2 aromatic carbocycles. The molecule has 7 heteroatoms. The molecule has 0 fully saturated rings. The van der Waals surface area contributed by atoms with Crippen LogP contribution in [-0.2, 0) is 11.3 Å². The topological polar surface area (TPSA) is 68.5 Å². The monoisotopic (exact) mass is 415 g/mol. The van der Waals surface area contributed by atoms with Crippen molar-refractivity contribution in [3.8, 4) is 22.7 Å². The van der Waals surface area contributed by atoms with Crippen LogP contribution >= 0.6 is 11.6 Å². The number of benzene rings is 2. The molecule has 0 radical (unpaired) electrons. The van der Waals surface area contributed by atoms with Crippen molar-refractivity contribution in [3.05, 3.63) is 65.3 Å². The third kappa shape index (κ3) is 5.58. The van der Waals surface area contributed by atoms with E-state index in [1.165, 1.54) is 0 Å². The van der Waals surface area contributed by atoms with Crippen LogP contribution in [0, 0.1) is 0 Å². The molecule has 154 valence electrons. The molecule has 6 nitrogen and oxygen atoms in total. The second-order valence-corrected chi connectivity index (χ2v) is 6.98. The molecule has 3 rings (SSSR count). The Morgan fingerprint density at radius 2 is 1.93 bits per heavy atom. The van der Waals surface area contributed by atoms with E-state index in [1.54, 1.807) is 7.11 Å². The summed E-state index contributed by atoms with van der Waals surface area (Å²) in [5.74, 6) is 0.789. The summed E-state index contributed by atoms with van der Waals surface area (Å²) in [7, 11) is 1.64. The van der Waals surface area contributed by atoms with E-state index in [0.717, 1.165) is 28.3 Å². The van der Waals surface area contributed by atoms with Crippen molar-refractivity contribution in [1.29, 1.82) is 0 Å². The smallest absolute Gasteiger partial charge is 0.119 e. The number of nitrogens with one attached hydrogen (secondary N) is 1. The fraction of sp³-hybridized carbons (Fsp3) is 0.318. The SMILES string of the molecule is CCOCC(O)CNCc1cn(-c2ccc(OC)cc2)nc1-c1ccccc1Cl. The maximum absolute atomic E-state index is 9.98. The van der Waals surface area contributed by atoms with Gasteiger partial charge in [0.1, 0.15) is 5.75 Å². The Hall–Kier alpha value is -2.38. The minimum Gasteiger partial charge on any atom is -0.497 e. The zero-order valence-electron chi connectivity index (χ0n) is 16.6. The normalized spacial score (nSPS) is 12.1. The number of ether oxygens (including phenoxy) is 2. The van der Waals surface area contributed by atoms with Crippen LogP contribution < -0.4 is 10.1 Å². The van der Waals surface area contributed by atoms with Crippen LogP contribution in [0.3, 0.4) is 0 Å². The van der Waals surface area contributed by atoms with E-state index >= 15 is 0 Å². The van der Waals surface area contributed by atoms with Gasteiger partial charge in [-0.15, -0.1) is 0 Å². The molecule has 1 heterocycles. The van der Waals surface area contributed by atoms with E-state index in [9.17, 15) is 5.11 Å². The highest BCUT2D eigenvalue weighted by Crippen LogP contribution is 2.30. The zero-order valence-corrected chi connectivity index (χ0v) is 17.4. The number of aliphatic hydroxyl groups is 1. The summed E-state index contributed by atoms with van der Waals surface area (Å²) in [4.78, 5) is 0. The van der Waals surface area contributed by atoms with Gasteiger partial charge in [0.15, 0.2) is 0 Å².